The second-order valence-electron chi connectivity index (χ2n) is 9.43. The second kappa shape index (κ2) is 12.1. The highest BCUT2D eigenvalue weighted by Gasteiger charge is 2.46. The lowest BCUT2D eigenvalue weighted by molar-refractivity contribution is -0.0429. The number of halogens is 3. The fraction of sp³-hybridized carbons (Fsp3) is 0.276. The van der Waals surface area contributed by atoms with Gasteiger partial charge in [0, 0.05) is 28.7 Å². The number of benzene rings is 3. The maximum absolute atomic E-state index is 13.0. The number of aliphatic imine (C=N–C) groups is 1. The Morgan fingerprint density at radius 2 is 1.62 bits per heavy atom. The first-order chi connectivity index (χ1) is 19.0. The van der Waals surface area contributed by atoms with E-state index in [-0.39, 0.29) is 17.1 Å². The molecule has 0 atom stereocenters. The quantitative estimate of drug-likeness (QED) is 0.170. The number of aromatic amines is 1. The number of nitrogens with zero attached hydrogens (tertiary/aromatic N) is 2. The van der Waals surface area contributed by atoms with E-state index >= 15 is 0 Å². The van der Waals surface area contributed by atoms with Gasteiger partial charge in [-0.05, 0) is 61.8 Å². The highest BCUT2D eigenvalue weighted by atomic mass is 32.2. The van der Waals surface area contributed by atoms with Crippen molar-refractivity contribution in [2.45, 2.75) is 38.7 Å². The lowest BCUT2D eigenvalue weighted by Crippen LogP contribution is -2.29. The molecule has 4 aromatic rings. The first-order valence-electron chi connectivity index (χ1n) is 12.9. The molecule has 212 valence electrons. The third kappa shape index (κ3) is 6.65. The van der Waals surface area contributed by atoms with Crippen molar-refractivity contribution in [3.63, 3.8) is 0 Å². The number of aromatic nitrogens is 1. The molecule has 0 aliphatic rings. The highest BCUT2D eigenvalue weighted by Crippen LogP contribution is 2.34. The average molecular weight is 573 g/mol. The van der Waals surface area contributed by atoms with Crippen molar-refractivity contribution in [2.75, 3.05) is 17.8 Å². The number of H-pyrrole nitrogens is 1. The molecule has 3 N–H and O–H groups in total. The number of alkyl halides is 3. The van der Waals surface area contributed by atoms with Crippen molar-refractivity contribution in [1.82, 2.24) is 9.88 Å². The molecule has 1 aromatic heterocycles. The second-order valence-corrected chi connectivity index (χ2v) is 11.1. The Hall–Kier alpha value is -3.83. The normalized spacial score (nSPS) is 12.8. The van der Waals surface area contributed by atoms with Crippen molar-refractivity contribution in [3.8, 4) is 5.88 Å². The Morgan fingerprint density at radius 3 is 2.23 bits per heavy atom. The molecule has 4 rings (SSSR count). The van der Waals surface area contributed by atoms with Gasteiger partial charge < -0.3 is 10.1 Å². The Morgan fingerprint density at radius 1 is 0.975 bits per heavy atom. The van der Waals surface area contributed by atoms with Gasteiger partial charge >= 0.3 is 15.5 Å². The molecule has 0 saturated carbocycles. The molecule has 0 amide bonds. The van der Waals surface area contributed by atoms with Gasteiger partial charge in [-0.2, -0.15) is 21.6 Å². The lowest BCUT2D eigenvalue weighted by atomic mass is 10.0. The first kappa shape index (κ1) is 29.2. The van der Waals surface area contributed by atoms with Gasteiger partial charge in [-0.15, -0.1) is 0 Å². The maximum atomic E-state index is 13.0. The van der Waals surface area contributed by atoms with Crippen LogP contribution in [0, 0.1) is 0 Å². The summed E-state index contributed by atoms with van der Waals surface area (Å²) in [5, 5.41) is 11.2. The third-order valence-corrected chi connectivity index (χ3v) is 7.40. The van der Waals surface area contributed by atoms with Crippen LogP contribution in [0.3, 0.4) is 0 Å². The number of fused-ring (bicyclic) bond motifs is 1. The predicted octanol–water partition coefficient (Wildman–Crippen LogP) is 6.93. The van der Waals surface area contributed by atoms with Gasteiger partial charge in [0.15, 0.2) is 5.88 Å². The van der Waals surface area contributed by atoms with Gasteiger partial charge in [0.1, 0.15) is 0 Å². The van der Waals surface area contributed by atoms with Crippen LogP contribution < -0.4 is 4.72 Å². The largest absolute Gasteiger partial charge is 0.516 e. The molecule has 0 spiro atoms. The van der Waals surface area contributed by atoms with Crippen LogP contribution in [0.25, 0.3) is 10.9 Å². The van der Waals surface area contributed by atoms with E-state index in [2.05, 4.69) is 23.7 Å². The van der Waals surface area contributed by atoms with Gasteiger partial charge in [-0.25, -0.2) is 4.99 Å². The molecule has 0 fully saturated rings. The zero-order valence-electron chi connectivity index (χ0n) is 22.2. The molecule has 0 aliphatic carbocycles. The van der Waals surface area contributed by atoms with Gasteiger partial charge in [0.2, 0.25) is 0 Å². The molecule has 1 heterocycles. The summed E-state index contributed by atoms with van der Waals surface area (Å²) in [7, 11) is -5.62. The lowest BCUT2D eigenvalue weighted by Gasteiger charge is -2.21. The van der Waals surface area contributed by atoms with E-state index in [1.165, 1.54) is 18.2 Å². The summed E-state index contributed by atoms with van der Waals surface area (Å²) in [5.41, 5.74) is -2.37. The number of rotatable bonds is 11. The zero-order chi connectivity index (χ0) is 28.9. The van der Waals surface area contributed by atoms with E-state index in [1.54, 1.807) is 29.0 Å². The summed E-state index contributed by atoms with van der Waals surface area (Å²) in [6, 6.07) is 20.6. The van der Waals surface area contributed by atoms with E-state index < -0.39 is 15.5 Å². The van der Waals surface area contributed by atoms with Gasteiger partial charge in [0.05, 0.1) is 17.0 Å². The van der Waals surface area contributed by atoms with Crippen LogP contribution in [0.1, 0.15) is 43.4 Å². The van der Waals surface area contributed by atoms with Crippen LogP contribution in [0.5, 0.6) is 5.88 Å². The summed E-state index contributed by atoms with van der Waals surface area (Å²) in [5.74, 6) is -0.250. The Kier molecular flexibility index (Phi) is 8.85. The SMILES string of the molecule is CCCN(CCC)Cc1ccc(N=C(c2ccccc2)c2c(O)[nH]c3ccc(NS(=O)(=O)C(F)(F)F)cc23)cc1. The molecule has 0 radical (unpaired) electrons. The molecule has 7 nitrogen and oxygen atoms in total. The van der Waals surface area contributed by atoms with Crippen molar-refractivity contribution < 1.29 is 26.7 Å². The van der Waals surface area contributed by atoms with E-state index in [0.29, 0.717) is 27.9 Å². The number of sulfonamides is 1. The van der Waals surface area contributed by atoms with Crippen molar-refractivity contribution in [2.24, 2.45) is 4.99 Å². The molecular formula is C29H31F3N4O3S. The molecule has 11 heteroatoms. The molecule has 0 aliphatic heterocycles. The van der Waals surface area contributed by atoms with Crippen LogP contribution in [0.4, 0.5) is 24.5 Å². The van der Waals surface area contributed by atoms with Gasteiger partial charge in [-0.3, -0.25) is 9.62 Å². The number of anilines is 1. The minimum atomic E-state index is -5.62. The first-order valence-corrected chi connectivity index (χ1v) is 14.4. The summed E-state index contributed by atoms with van der Waals surface area (Å²) in [6.45, 7) is 7.14. The van der Waals surface area contributed by atoms with Crippen molar-refractivity contribution >= 4 is 38.0 Å². The summed E-state index contributed by atoms with van der Waals surface area (Å²) < 4.78 is 63.8. The molecule has 0 saturated heterocycles. The Bertz CT molecular complexity index is 1580. The minimum Gasteiger partial charge on any atom is -0.494 e. The van der Waals surface area contributed by atoms with Gasteiger partial charge in [-0.1, -0.05) is 56.3 Å². The molecule has 3 aromatic carbocycles. The van der Waals surface area contributed by atoms with Crippen molar-refractivity contribution in [3.05, 3.63) is 89.5 Å². The average Bonchev–Trinajstić information content (AvgIpc) is 3.23. The minimum absolute atomic E-state index is 0.232. The van der Waals surface area contributed by atoms with E-state index in [9.17, 15) is 26.7 Å². The number of hydrogen-bond acceptors (Lipinski definition) is 5. The van der Waals surface area contributed by atoms with E-state index in [0.717, 1.165) is 38.0 Å². The zero-order valence-corrected chi connectivity index (χ0v) is 23.0. The molecule has 40 heavy (non-hydrogen) atoms. The van der Waals surface area contributed by atoms with Gasteiger partial charge in [0.25, 0.3) is 0 Å². The Labute approximate surface area is 231 Å². The van der Waals surface area contributed by atoms with Crippen LogP contribution in [0.15, 0.2) is 77.8 Å². The summed E-state index contributed by atoms with van der Waals surface area (Å²) >= 11 is 0. The van der Waals surface area contributed by atoms with E-state index in [1.807, 2.05) is 30.3 Å². The van der Waals surface area contributed by atoms with Crippen LogP contribution in [0.2, 0.25) is 0 Å². The Balaban J connectivity index is 1.77. The van der Waals surface area contributed by atoms with Crippen molar-refractivity contribution in [1.29, 1.82) is 0 Å². The fourth-order valence-electron chi connectivity index (χ4n) is 4.52. The van der Waals surface area contributed by atoms with Crippen LogP contribution in [-0.2, 0) is 16.6 Å². The molecular weight excluding hydrogens is 541 g/mol. The van der Waals surface area contributed by atoms with Crippen LogP contribution >= 0.6 is 0 Å². The summed E-state index contributed by atoms with van der Waals surface area (Å²) in [4.78, 5) is 10.0. The van der Waals surface area contributed by atoms with E-state index in [4.69, 9.17) is 4.99 Å². The summed E-state index contributed by atoms with van der Waals surface area (Å²) in [6.07, 6.45) is 2.13. The fourth-order valence-corrected chi connectivity index (χ4v) is 5.07. The number of aromatic hydroxyl groups is 1. The third-order valence-electron chi connectivity index (χ3n) is 6.28. The molecule has 0 bridgehead atoms. The smallest absolute Gasteiger partial charge is 0.494 e. The van der Waals surface area contributed by atoms with Crippen LogP contribution in [-0.4, -0.2) is 47.7 Å². The maximum Gasteiger partial charge on any atom is 0.516 e. The number of nitrogens with one attached hydrogen (secondary N) is 2. The standard InChI is InChI=1S/C29H31F3N4O3S/c1-3-16-36(17-4-2)19-20-10-12-22(13-11-20)33-27(21-8-6-5-7-9-21)26-24-18-23(14-15-25(24)34-28(26)37)35-40(38,39)29(30,31)32/h5-15,18,34-35,37H,3-4,16-17,19H2,1-2H3. The topological polar surface area (TPSA) is 97.8 Å². The predicted molar refractivity (Wildman–Crippen MR) is 153 cm³/mol. The molecule has 0 unspecified atom stereocenters. The number of hydrogen-bond donors (Lipinski definition) is 3. The monoisotopic (exact) mass is 572 g/mol. The highest BCUT2D eigenvalue weighted by molar-refractivity contribution is 7.93.